The van der Waals surface area contributed by atoms with Crippen molar-refractivity contribution in [1.82, 2.24) is 19.7 Å². The summed E-state index contributed by atoms with van der Waals surface area (Å²) in [5.74, 6) is 0.431. The van der Waals surface area contributed by atoms with Crippen molar-refractivity contribution in [2.75, 3.05) is 5.75 Å². The Morgan fingerprint density at radius 2 is 2.05 bits per heavy atom. The zero-order valence-electron chi connectivity index (χ0n) is 12.3. The number of aromatic amines is 1. The Balaban J connectivity index is 2.06. The van der Waals surface area contributed by atoms with Gasteiger partial charge < -0.3 is 10.1 Å². The van der Waals surface area contributed by atoms with Crippen LogP contribution in [0.4, 0.5) is 0 Å². The molecule has 0 bridgehead atoms. The third-order valence-corrected chi connectivity index (χ3v) is 4.30. The number of hydrogen-bond acceptors (Lipinski definition) is 5. The number of aromatic nitrogens is 4. The molecule has 0 aliphatic rings. The normalized spacial score (nSPS) is 12.0. The van der Waals surface area contributed by atoms with Gasteiger partial charge in [-0.25, -0.2) is 9.67 Å². The monoisotopic (exact) mass is 316 g/mol. The van der Waals surface area contributed by atoms with E-state index >= 15 is 0 Å². The number of benzene rings is 1. The highest BCUT2D eigenvalue weighted by atomic mass is 32.2. The predicted octanol–water partition coefficient (Wildman–Crippen LogP) is 1.97. The minimum Gasteiger partial charge on any atom is -0.390 e. The molecule has 0 unspecified atom stereocenters. The SMILES string of the molecule is CC(C)(O)CSc1nc2c(cnn2-c2ccccc2)c(=O)[nH]1. The number of rotatable bonds is 4. The Morgan fingerprint density at radius 1 is 1.32 bits per heavy atom. The Bertz CT molecular complexity index is 849. The van der Waals surface area contributed by atoms with Crippen molar-refractivity contribution >= 4 is 22.8 Å². The van der Waals surface area contributed by atoms with Gasteiger partial charge in [-0.15, -0.1) is 0 Å². The van der Waals surface area contributed by atoms with Crippen LogP contribution in [0.15, 0.2) is 46.5 Å². The molecule has 0 radical (unpaired) electrons. The molecule has 0 saturated heterocycles. The largest absolute Gasteiger partial charge is 0.390 e. The molecule has 114 valence electrons. The molecule has 0 atom stereocenters. The Labute approximate surface area is 131 Å². The molecule has 0 spiro atoms. The van der Waals surface area contributed by atoms with Crippen LogP contribution in [0.5, 0.6) is 0 Å². The Kier molecular flexibility index (Phi) is 3.76. The van der Waals surface area contributed by atoms with Crippen molar-refractivity contribution in [3.05, 3.63) is 46.9 Å². The van der Waals surface area contributed by atoms with Crippen molar-refractivity contribution in [3.63, 3.8) is 0 Å². The molecule has 3 rings (SSSR count). The minimum atomic E-state index is -0.835. The molecule has 0 saturated carbocycles. The van der Waals surface area contributed by atoms with E-state index in [1.807, 2.05) is 30.3 Å². The molecule has 2 heterocycles. The second kappa shape index (κ2) is 5.58. The molecule has 2 aromatic heterocycles. The summed E-state index contributed by atoms with van der Waals surface area (Å²) >= 11 is 1.31. The Hall–Kier alpha value is -2.12. The van der Waals surface area contributed by atoms with Crippen LogP contribution in [0.25, 0.3) is 16.7 Å². The lowest BCUT2D eigenvalue weighted by Gasteiger charge is -2.15. The molecule has 3 aromatic rings. The third-order valence-electron chi connectivity index (χ3n) is 2.98. The number of H-pyrrole nitrogens is 1. The first-order valence-electron chi connectivity index (χ1n) is 6.83. The van der Waals surface area contributed by atoms with Crippen molar-refractivity contribution < 1.29 is 5.11 Å². The van der Waals surface area contributed by atoms with E-state index < -0.39 is 5.60 Å². The average molecular weight is 316 g/mol. The molecule has 22 heavy (non-hydrogen) atoms. The summed E-state index contributed by atoms with van der Waals surface area (Å²) in [5, 5.41) is 15.0. The summed E-state index contributed by atoms with van der Waals surface area (Å²) < 4.78 is 1.64. The minimum absolute atomic E-state index is 0.231. The number of fused-ring (bicyclic) bond motifs is 1. The highest BCUT2D eigenvalue weighted by Crippen LogP contribution is 2.20. The second-order valence-electron chi connectivity index (χ2n) is 5.60. The maximum Gasteiger partial charge on any atom is 0.262 e. The number of nitrogens with one attached hydrogen (secondary N) is 1. The first-order chi connectivity index (χ1) is 10.4. The van der Waals surface area contributed by atoms with Gasteiger partial charge in [-0.2, -0.15) is 5.10 Å². The lowest BCUT2D eigenvalue weighted by Crippen LogP contribution is -2.22. The second-order valence-corrected chi connectivity index (χ2v) is 6.57. The quantitative estimate of drug-likeness (QED) is 0.568. The van der Waals surface area contributed by atoms with Crippen molar-refractivity contribution in [1.29, 1.82) is 0 Å². The summed E-state index contributed by atoms with van der Waals surface area (Å²) in [6.07, 6.45) is 1.51. The smallest absolute Gasteiger partial charge is 0.262 e. The first-order valence-corrected chi connectivity index (χ1v) is 7.81. The summed E-state index contributed by atoms with van der Waals surface area (Å²) in [4.78, 5) is 19.3. The molecule has 0 aliphatic heterocycles. The highest BCUT2D eigenvalue weighted by Gasteiger charge is 2.16. The van der Waals surface area contributed by atoms with E-state index in [2.05, 4.69) is 15.1 Å². The van der Waals surface area contributed by atoms with Gasteiger partial charge >= 0.3 is 0 Å². The van der Waals surface area contributed by atoms with Crippen LogP contribution in [0.3, 0.4) is 0 Å². The third kappa shape index (κ3) is 3.05. The van der Waals surface area contributed by atoms with Gasteiger partial charge in [0.1, 0.15) is 5.39 Å². The molecule has 1 aromatic carbocycles. The zero-order valence-corrected chi connectivity index (χ0v) is 13.1. The van der Waals surface area contributed by atoms with Crippen molar-refractivity contribution in [2.24, 2.45) is 0 Å². The molecule has 2 N–H and O–H groups in total. The maximum absolute atomic E-state index is 12.1. The van der Waals surface area contributed by atoms with Crippen molar-refractivity contribution in [3.8, 4) is 5.69 Å². The van der Waals surface area contributed by atoms with Gasteiger partial charge in [-0.05, 0) is 26.0 Å². The summed E-state index contributed by atoms with van der Waals surface area (Å²) in [5.41, 5.74) is 0.283. The first kappa shape index (κ1) is 14.8. The van der Waals surface area contributed by atoms with Gasteiger partial charge in [0.05, 0.1) is 17.5 Å². The summed E-state index contributed by atoms with van der Waals surface area (Å²) in [7, 11) is 0. The summed E-state index contributed by atoms with van der Waals surface area (Å²) in [6, 6.07) is 9.53. The lowest BCUT2D eigenvalue weighted by molar-refractivity contribution is 0.107. The fourth-order valence-corrected chi connectivity index (χ4v) is 2.78. The molecular formula is C15H16N4O2S. The van der Waals surface area contributed by atoms with Crippen molar-refractivity contribution in [2.45, 2.75) is 24.6 Å². The highest BCUT2D eigenvalue weighted by molar-refractivity contribution is 7.99. The van der Waals surface area contributed by atoms with E-state index in [0.29, 0.717) is 21.9 Å². The zero-order chi connectivity index (χ0) is 15.7. The van der Waals surface area contributed by atoms with Crippen LogP contribution in [0, 0.1) is 0 Å². The van der Waals surface area contributed by atoms with Crippen LogP contribution < -0.4 is 5.56 Å². The standard InChI is InChI=1S/C15H16N4O2S/c1-15(2,21)9-22-14-17-12-11(13(20)18-14)8-16-19(12)10-6-4-3-5-7-10/h3-8,21H,9H2,1-2H3,(H,17,18,20). The van der Waals surface area contributed by atoms with E-state index in [-0.39, 0.29) is 5.56 Å². The molecule has 7 heteroatoms. The molecule has 0 amide bonds. The fourth-order valence-electron chi connectivity index (χ4n) is 1.97. The number of hydrogen-bond donors (Lipinski definition) is 2. The fraction of sp³-hybridized carbons (Fsp3) is 0.267. The molecular weight excluding hydrogens is 300 g/mol. The van der Waals surface area contributed by atoms with Gasteiger partial charge in [-0.1, -0.05) is 30.0 Å². The topological polar surface area (TPSA) is 83.8 Å². The summed E-state index contributed by atoms with van der Waals surface area (Å²) in [6.45, 7) is 3.43. The number of nitrogens with zero attached hydrogens (tertiary/aromatic N) is 3. The molecule has 6 nitrogen and oxygen atoms in total. The van der Waals surface area contributed by atoms with Gasteiger partial charge in [0, 0.05) is 5.75 Å². The lowest BCUT2D eigenvalue weighted by atomic mass is 10.2. The van der Waals surface area contributed by atoms with Crippen LogP contribution >= 0.6 is 11.8 Å². The van der Waals surface area contributed by atoms with Gasteiger partial charge in [0.2, 0.25) is 0 Å². The van der Waals surface area contributed by atoms with E-state index in [0.717, 1.165) is 5.69 Å². The van der Waals surface area contributed by atoms with Gasteiger partial charge in [0.25, 0.3) is 5.56 Å². The van der Waals surface area contributed by atoms with Crippen LogP contribution in [-0.2, 0) is 0 Å². The van der Waals surface area contributed by atoms with Gasteiger partial charge in [0.15, 0.2) is 10.8 Å². The van der Waals surface area contributed by atoms with Gasteiger partial charge in [-0.3, -0.25) is 4.79 Å². The molecule has 0 fully saturated rings. The number of aliphatic hydroxyl groups is 1. The number of thioether (sulfide) groups is 1. The van der Waals surface area contributed by atoms with Crippen LogP contribution in [-0.4, -0.2) is 36.2 Å². The predicted molar refractivity (Wildman–Crippen MR) is 86.5 cm³/mol. The van der Waals surface area contributed by atoms with Crippen LogP contribution in [0.1, 0.15) is 13.8 Å². The van der Waals surface area contributed by atoms with E-state index in [9.17, 15) is 9.90 Å². The van der Waals surface area contributed by atoms with E-state index in [1.54, 1.807) is 18.5 Å². The Morgan fingerprint density at radius 3 is 2.73 bits per heavy atom. The maximum atomic E-state index is 12.1. The van der Waals surface area contributed by atoms with E-state index in [1.165, 1.54) is 18.0 Å². The average Bonchev–Trinajstić information content (AvgIpc) is 2.90. The number of para-hydroxylation sites is 1. The van der Waals surface area contributed by atoms with Crippen LogP contribution in [0.2, 0.25) is 0 Å². The molecule has 0 aliphatic carbocycles. The van der Waals surface area contributed by atoms with E-state index in [4.69, 9.17) is 0 Å².